The van der Waals surface area contributed by atoms with Crippen molar-refractivity contribution in [2.75, 3.05) is 6.54 Å². The van der Waals surface area contributed by atoms with Crippen LogP contribution in [-0.4, -0.2) is 40.4 Å². The summed E-state index contributed by atoms with van der Waals surface area (Å²) in [5.41, 5.74) is -0.573. The van der Waals surface area contributed by atoms with Gasteiger partial charge in [-0.3, -0.25) is 9.59 Å². The van der Waals surface area contributed by atoms with Crippen molar-refractivity contribution in [3.8, 4) is 0 Å². The van der Waals surface area contributed by atoms with Crippen LogP contribution in [0.1, 0.15) is 52.9 Å². The summed E-state index contributed by atoms with van der Waals surface area (Å²) in [5.74, 6) is -1.86. The monoisotopic (exact) mass is 303 g/mol. The van der Waals surface area contributed by atoms with Gasteiger partial charge in [0.15, 0.2) is 0 Å². The van der Waals surface area contributed by atoms with Crippen molar-refractivity contribution >= 4 is 18.0 Å². The van der Waals surface area contributed by atoms with Gasteiger partial charge in [-0.1, -0.05) is 0 Å². The Labute approximate surface area is 124 Å². The third-order valence-electron chi connectivity index (χ3n) is 2.75. The molecule has 0 aromatic heterocycles. The first-order valence-electron chi connectivity index (χ1n) is 7.00. The average Bonchev–Trinajstić information content (AvgIpc) is 2.29. The minimum absolute atomic E-state index is 0.00325. The maximum Gasteiger partial charge on any atom is 0.407 e. The Morgan fingerprint density at radius 1 is 1.00 bits per heavy atom. The van der Waals surface area contributed by atoms with Gasteiger partial charge in [0.05, 0.1) is 0 Å². The van der Waals surface area contributed by atoms with Crippen molar-refractivity contribution in [1.82, 2.24) is 5.32 Å². The molecule has 7 heteroatoms. The van der Waals surface area contributed by atoms with Gasteiger partial charge >= 0.3 is 18.0 Å². The Kier molecular flexibility index (Phi) is 8.42. The summed E-state index contributed by atoms with van der Waals surface area (Å²) in [5, 5.41) is 19.9. The zero-order valence-electron chi connectivity index (χ0n) is 12.8. The number of nitrogens with one attached hydrogen (secondary N) is 1. The van der Waals surface area contributed by atoms with E-state index >= 15 is 0 Å². The highest BCUT2D eigenvalue weighted by molar-refractivity contribution is 5.68. The molecule has 21 heavy (non-hydrogen) atoms. The van der Waals surface area contributed by atoms with Crippen LogP contribution in [0.4, 0.5) is 4.79 Å². The molecular formula is C14H25NO6. The molecular weight excluding hydrogens is 278 g/mol. The second kappa shape index (κ2) is 9.20. The molecule has 0 atom stereocenters. The molecule has 0 fully saturated rings. The molecule has 0 aromatic carbocycles. The molecule has 0 aliphatic heterocycles. The standard InChI is InChI=1S/C14H25NO6/c1-14(2,3)21-13(20)15-9-8-10(4-6-11(16)17)5-7-12(18)19/h10H,4-9H2,1-3H3,(H,15,20)(H,16,17)(H,18,19). The van der Waals surface area contributed by atoms with Gasteiger partial charge in [0.1, 0.15) is 5.60 Å². The number of hydrogen-bond acceptors (Lipinski definition) is 4. The van der Waals surface area contributed by atoms with Crippen LogP contribution in [0.5, 0.6) is 0 Å². The van der Waals surface area contributed by atoms with Gasteiger partial charge < -0.3 is 20.3 Å². The van der Waals surface area contributed by atoms with Crippen molar-refractivity contribution in [3.63, 3.8) is 0 Å². The van der Waals surface area contributed by atoms with Crippen LogP contribution in [0, 0.1) is 5.92 Å². The number of carbonyl (C=O) groups is 3. The smallest absolute Gasteiger partial charge is 0.407 e. The number of carboxylic acids is 2. The number of amides is 1. The van der Waals surface area contributed by atoms with E-state index in [9.17, 15) is 14.4 Å². The van der Waals surface area contributed by atoms with E-state index in [4.69, 9.17) is 14.9 Å². The predicted octanol–water partition coefficient (Wildman–Crippen LogP) is 2.25. The fourth-order valence-electron chi connectivity index (χ4n) is 1.78. The summed E-state index contributed by atoms with van der Waals surface area (Å²) in [6, 6.07) is 0. The minimum atomic E-state index is -0.907. The first kappa shape index (κ1) is 19.2. The summed E-state index contributed by atoms with van der Waals surface area (Å²) < 4.78 is 5.08. The van der Waals surface area contributed by atoms with E-state index in [1.165, 1.54) is 0 Å². The minimum Gasteiger partial charge on any atom is -0.481 e. The number of carbonyl (C=O) groups excluding carboxylic acids is 1. The molecule has 7 nitrogen and oxygen atoms in total. The number of hydrogen-bond donors (Lipinski definition) is 3. The van der Waals surface area contributed by atoms with Gasteiger partial charge in [-0.05, 0) is 46.0 Å². The van der Waals surface area contributed by atoms with E-state index in [0.717, 1.165) is 0 Å². The highest BCUT2D eigenvalue weighted by atomic mass is 16.6. The molecule has 1 amide bonds. The number of ether oxygens (including phenoxy) is 1. The summed E-state index contributed by atoms with van der Waals surface area (Å²) >= 11 is 0. The second-order valence-corrected chi connectivity index (χ2v) is 5.95. The highest BCUT2D eigenvalue weighted by Gasteiger charge is 2.17. The van der Waals surface area contributed by atoms with Crippen LogP contribution in [0.2, 0.25) is 0 Å². The fourth-order valence-corrected chi connectivity index (χ4v) is 1.78. The molecule has 0 radical (unpaired) electrons. The van der Waals surface area contributed by atoms with Gasteiger partial charge in [-0.25, -0.2) is 4.79 Å². The highest BCUT2D eigenvalue weighted by Crippen LogP contribution is 2.17. The Morgan fingerprint density at radius 3 is 1.86 bits per heavy atom. The molecule has 0 unspecified atom stereocenters. The van der Waals surface area contributed by atoms with Crippen LogP contribution >= 0.6 is 0 Å². The summed E-state index contributed by atoms with van der Waals surface area (Å²) in [6.07, 6.45) is 0.794. The number of aliphatic carboxylic acids is 2. The van der Waals surface area contributed by atoms with Gasteiger partial charge in [0.25, 0.3) is 0 Å². The molecule has 0 spiro atoms. The maximum atomic E-state index is 11.5. The maximum absolute atomic E-state index is 11.5. The predicted molar refractivity (Wildman–Crippen MR) is 76.1 cm³/mol. The molecule has 0 rings (SSSR count). The van der Waals surface area contributed by atoms with Crippen molar-refractivity contribution in [2.24, 2.45) is 5.92 Å². The molecule has 122 valence electrons. The SMILES string of the molecule is CC(C)(C)OC(=O)NCCC(CCC(=O)O)CCC(=O)O. The van der Waals surface area contributed by atoms with Gasteiger partial charge in [0, 0.05) is 19.4 Å². The molecule has 0 aliphatic carbocycles. The van der Waals surface area contributed by atoms with Crippen LogP contribution < -0.4 is 5.32 Å². The van der Waals surface area contributed by atoms with Crippen LogP contribution in [-0.2, 0) is 14.3 Å². The van der Waals surface area contributed by atoms with Crippen molar-refractivity contribution in [3.05, 3.63) is 0 Å². The topological polar surface area (TPSA) is 113 Å². The average molecular weight is 303 g/mol. The zero-order valence-corrected chi connectivity index (χ0v) is 12.8. The molecule has 0 saturated carbocycles. The lowest BCUT2D eigenvalue weighted by Crippen LogP contribution is -2.33. The fraction of sp³-hybridized carbons (Fsp3) is 0.786. The van der Waals surface area contributed by atoms with Crippen LogP contribution in [0.3, 0.4) is 0 Å². The molecule has 3 N–H and O–H groups in total. The largest absolute Gasteiger partial charge is 0.481 e. The Hall–Kier alpha value is -1.79. The third-order valence-corrected chi connectivity index (χ3v) is 2.75. The van der Waals surface area contributed by atoms with Gasteiger partial charge in [-0.2, -0.15) is 0 Å². The summed E-state index contributed by atoms with van der Waals surface area (Å²) in [4.78, 5) is 32.6. The van der Waals surface area contributed by atoms with Gasteiger partial charge in [0.2, 0.25) is 0 Å². The quantitative estimate of drug-likeness (QED) is 0.602. The van der Waals surface area contributed by atoms with E-state index in [1.807, 2.05) is 0 Å². The lowest BCUT2D eigenvalue weighted by atomic mass is 9.94. The van der Waals surface area contributed by atoms with Crippen molar-refractivity contribution in [2.45, 2.75) is 58.5 Å². The molecule has 0 heterocycles. The van der Waals surface area contributed by atoms with E-state index in [0.29, 0.717) is 25.8 Å². The molecule has 0 bridgehead atoms. The van der Waals surface area contributed by atoms with E-state index in [1.54, 1.807) is 20.8 Å². The van der Waals surface area contributed by atoms with Gasteiger partial charge in [-0.15, -0.1) is 0 Å². The molecule has 0 aromatic rings. The lowest BCUT2D eigenvalue weighted by molar-refractivity contribution is -0.137. The second-order valence-electron chi connectivity index (χ2n) is 5.95. The first-order chi connectivity index (χ1) is 9.60. The Morgan fingerprint density at radius 2 is 1.48 bits per heavy atom. The zero-order chi connectivity index (χ0) is 16.5. The molecule has 0 aliphatic rings. The Bertz CT molecular complexity index is 343. The molecule has 0 saturated heterocycles. The van der Waals surface area contributed by atoms with Crippen molar-refractivity contribution in [1.29, 1.82) is 0 Å². The number of carboxylic acid groups (broad SMARTS) is 2. The lowest BCUT2D eigenvalue weighted by Gasteiger charge is -2.20. The van der Waals surface area contributed by atoms with Crippen LogP contribution in [0.25, 0.3) is 0 Å². The first-order valence-corrected chi connectivity index (χ1v) is 7.00. The summed E-state index contributed by atoms with van der Waals surface area (Å²) in [6.45, 7) is 5.61. The van der Waals surface area contributed by atoms with E-state index in [2.05, 4.69) is 5.32 Å². The van der Waals surface area contributed by atoms with Crippen molar-refractivity contribution < 1.29 is 29.3 Å². The number of alkyl carbamates (subject to hydrolysis) is 1. The normalized spacial score (nSPS) is 11.2. The number of rotatable bonds is 9. The Balaban J connectivity index is 4.12. The van der Waals surface area contributed by atoms with Crippen LogP contribution in [0.15, 0.2) is 0 Å². The van der Waals surface area contributed by atoms with E-state index < -0.39 is 23.6 Å². The summed E-state index contributed by atoms with van der Waals surface area (Å²) in [7, 11) is 0. The third kappa shape index (κ3) is 13.0. The van der Waals surface area contributed by atoms with E-state index in [-0.39, 0.29) is 18.8 Å².